The van der Waals surface area contributed by atoms with Crippen LogP contribution in [0.25, 0.3) is 21.9 Å². The van der Waals surface area contributed by atoms with Crippen molar-refractivity contribution in [3.8, 4) is 11.1 Å². The van der Waals surface area contributed by atoms with Crippen molar-refractivity contribution in [2.45, 2.75) is 70.4 Å². The fraction of sp³-hybridized carbons (Fsp3) is 0.270. The Kier molecular flexibility index (Phi) is 8.31. The topological polar surface area (TPSA) is 87.8 Å². The van der Waals surface area contributed by atoms with Crippen LogP contribution < -0.4 is 0 Å². The predicted octanol–water partition coefficient (Wildman–Crippen LogP) is 8.46. The lowest BCUT2D eigenvalue weighted by Gasteiger charge is -2.24. The van der Waals surface area contributed by atoms with E-state index in [4.69, 9.17) is 4.42 Å². The highest BCUT2D eigenvalue weighted by atomic mass is 32.2. The van der Waals surface area contributed by atoms with E-state index in [1.807, 2.05) is 104 Å². The number of rotatable bonds is 9. The highest BCUT2D eigenvalue weighted by Gasteiger charge is 2.31. The van der Waals surface area contributed by atoms with Crippen LogP contribution in [0.1, 0.15) is 62.8 Å². The molecule has 5 aromatic rings. The number of benzene rings is 4. The zero-order valence-electron chi connectivity index (χ0n) is 26.1. The zero-order valence-corrected chi connectivity index (χ0v) is 26.9. The predicted molar refractivity (Wildman–Crippen MR) is 175 cm³/mol. The molecule has 1 heterocycles. The highest BCUT2D eigenvalue weighted by Crippen LogP contribution is 2.33. The molecule has 0 aliphatic carbocycles. The first kappa shape index (κ1) is 31.2. The highest BCUT2D eigenvalue weighted by molar-refractivity contribution is 7.89. The number of nitrogens with zero attached hydrogens (tertiary/aromatic N) is 1. The molecule has 228 valence electrons. The number of sulfonamides is 1. The van der Waals surface area contributed by atoms with E-state index in [9.17, 15) is 18.3 Å². The molecule has 0 spiro atoms. The summed E-state index contributed by atoms with van der Waals surface area (Å²) in [5, 5.41) is 11.2. The monoisotopic (exact) mass is 609 g/mol. The maximum Gasteiger partial charge on any atom is 0.313 e. The molecule has 6 nitrogen and oxygen atoms in total. The molecule has 1 aromatic heterocycles. The largest absolute Gasteiger partial charge is 0.481 e. The van der Waals surface area contributed by atoms with Crippen LogP contribution in [0.15, 0.2) is 106 Å². The van der Waals surface area contributed by atoms with Gasteiger partial charge in [-0.25, -0.2) is 8.42 Å². The van der Waals surface area contributed by atoms with Crippen LogP contribution in [-0.2, 0) is 38.7 Å². The van der Waals surface area contributed by atoms with E-state index in [0.29, 0.717) is 27.2 Å². The second-order valence-electron chi connectivity index (χ2n) is 12.9. The third-order valence-corrected chi connectivity index (χ3v) is 10.2. The lowest BCUT2D eigenvalue weighted by molar-refractivity contribution is -0.142. The minimum absolute atomic E-state index is 0.0785. The molecule has 0 saturated carbocycles. The van der Waals surface area contributed by atoms with Gasteiger partial charge in [0.05, 0.1) is 16.9 Å². The maximum atomic E-state index is 14.5. The Hall–Kier alpha value is -4.20. The molecule has 0 radical (unpaired) electrons. The Bertz CT molecular complexity index is 1930. The molecule has 1 N–H and O–H groups in total. The fourth-order valence-corrected chi connectivity index (χ4v) is 7.12. The Morgan fingerprint density at radius 2 is 1.50 bits per heavy atom. The Morgan fingerprint density at radius 1 is 0.795 bits per heavy atom. The van der Waals surface area contributed by atoms with Gasteiger partial charge in [-0.3, -0.25) is 4.79 Å². The van der Waals surface area contributed by atoms with E-state index in [-0.39, 0.29) is 18.5 Å². The van der Waals surface area contributed by atoms with Crippen molar-refractivity contribution in [2.24, 2.45) is 0 Å². The molecule has 0 aliphatic rings. The molecule has 5 rings (SSSR count). The van der Waals surface area contributed by atoms with Crippen LogP contribution in [0.4, 0.5) is 0 Å². The van der Waals surface area contributed by atoms with E-state index in [1.165, 1.54) is 4.31 Å². The van der Waals surface area contributed by atoms with Crippen LogP contribution in [0.2, 0.25) is 0 Å². The van der Waals surface area contributed by atoms with Gasteiger partial charge in [-0.1, -0.05) is 106 Å². The van der Waals surface area contributed by atoms with Crippen LogP contribution in [0.5, 0.6) is 0 Å². The van der Waals surface area contributed by atoms with Gasteiger partial charge < -0.3 is 9.52 Å². The van der Waals surface area contributed by atoms with Crippen molar-refractivity contribution in [2.75, 3.05) is 0 Å². The van der Waals surface area contributed by atoms with E-state index in [2.05, 4.69) is 20.8 Å². The number of aliphatic carboxylic acids is 1. The Balaban J connectivity index is 1.52. The van der Waals surface area contributed by atoms with Crippen molar-refractivity contribution in [1.82, 2.24) is 4.31 Å². The van der Waals surface area contributed by atoms with Gasteiger partial charge in [0.25, 0.3) is 0 Å². The summed E-state index contributed by atoms with van der Waals surface area (Å²) in [5.74, 6) is 0.480. The van der Waals surface area contributed by atoms with Gasteiger partial charge in [0.1, 0.15) is 11.5 Å². The Labute approximate surface area is 260 Å². The first-order chi connectivity index (χ1) is 20.7. The second kappa shape index (κ2) is 11.7. The van der Waals surface area contributed by atoms with E-state index < -0.39 is 21.4 Å². The first-order valence-corrected chi connectivity index (χ1v) is 16.1. The number of carboxylic acids is 1. The molecule has 4 aromatic carbocycles. The quantitative estimate of drug-likeness (QED) is 0.181. The molecule has 0 saturated heterocycles. The molecule has 7 heteroatoms. The van der Waals surface area contributed by atoms with E-state index >= 15 is 0 Å². The summed E-state index contributed by atoms with van der Waals surface area (Å²) in [7, 11) is -3.96. The molecule has 0 aliphatic heterocycles. The van der Waals surface area contributed by atoms with Gasteiger partial charge >= 0.3 is 5.97 Å². The van der Waals surface area contributed by atoms with Gasteiger partial charge in [-0.2, -0.15) is 4.31 Å². The minimum Gasteiger partial charge on any atom is -0.481 e. The lowest BCUT2D eigenvalue weighted by atomic mass is 9.83. The Morgan fingerprint density at radius 3 is 2.16 bits per heavy atom. The summed E-state index contributed by atoms with van der Waals surface area (Å²) in [6, 6.07) is 30.4. The summed E-state index contributed by atoms with van der Waals surface area (Å²) in [4.78, 5) is 12.1. The van der Waals surface area contributed by atoms with E-state index in [1.54, 1.807) is 13.8 Å². The number of fused-ring (bicyclic) bond motifs is 1. The number of furan rings is 1. The SMILES string of the molecule is Cc1ccc2ccccc2c1S(=O)(=O)N(Cc1ccc(-c2cccc(C(C)(C)C(=O)O)c2)cc1)Cc1ccc(C(C)(C)C)o1. The van der Waals surface area contributed by atoms with Crippen molar-refractivity contribution in [3.63, 3.8) is 0 Å². The smallest absolute Gasteiger partial charge is 0.313 e. The van der Waals surface area contributed by atoms with Crippen molar-refractivity contribution in [3.05, 3.63) is 125 Å². The number of carboxylic acid groups (broad SMARTS) is 1. The van der Waals surface area contributed by atoms with Crippen molar-refractivity contribution in [1.29, 1.82) is 0 Å². The van der Waals surface area contributed by atoms with Gasteiger partial charge in [0.15, 0.2) is 0 Å². The molecule has 0 unspecified atom stereocenters. The van der Waals surface area contributed by atoms with Crippen LogP contribution in [-0.4, -0.2) is 23.8 Å². The summed E-state index contributed by atoms with van der Waals surface area (Å²) in [5.41, 5.74) is 2.79. The van der Waals surface area contributed by atoms with Crippen molar-refractivity contribution >= 4 is 26.8 Å². The van der Waals surface area contributed by atoms with E-state index in [0.717, 1.165) is 27.8 Å². The summed E-state index contributed by atoms with van der Waals surface area (Å²) < 4.78 is 36.6. The van der Waals surface area contributed by atoms with Crippen molar-refractivity contribution < 1.29 is 22.7 Å². The zero-order chi connectivity index (χ0) is 31.9. The van der Waals surface area contributed by atoms with Crippen LogP contribution in [0, 0.1) is 6.92 Å². The third-order valence-electron chi connectivity index (χ3n) is 8.17. The molecule has 0 fully saturated rings. The van der Waals surface area contributed by atoms with Gasteiger partial charge in [0.2, 0.25) is 10.0 Å². The third kappa shape index (κ3) is 6.21. The molecule has 44 heavy (non-hydrogen) atoms. The summed E-state index contributed by atoms with van der Waals surface area (Å²) in [6.07, 6.45) is 0. The molecule has 0 bridgehead atoms. The molecular formula is C37H39NO5S. The molecular weight excluding hydrogens is 570 g/mol. The van der Waals surface area contributed by atoms with Crippen LogP contribution >= 0.6 is 0 Å². The summed E-state index contributed by atoms with van der Waals surface area (Å²) in [6.45, 7) is 11.6. The summed E-state index contributed by atoms with van der Waals surface area (Å²) >= 11 is 0. The number of carbonyl (C=O) groups is 1. The van der Waals surface area contributed by atoms with Gasteiger partial charge in [-0.15, -0.1) is 0 Å². The average molecular weight is 610 g/mol. The van der Waals surface area contributed by atoms with Gasteiger partial charge in [0, 0.05) is 17.3 Å². The maximum absolute atomic E-state index is 14.5. The fourth-order valence-electron chi connectivity index (χ4n) is 5.31. The standard InChI is InChI=1S/C37H39NO5S/c1-25-14-17-28-10-7-8-13-32(28)34(25)44(41,42)38(24-31-20-21-33(43-31)36(2,3)4)23-26-15-18-27(19-16-26)29-11-9-12-30(22-29)37(5,6)35(39)40/h7-22H,23-24H2,1-6H3,(H,39,40). The first-order valence-electron chi connectivity index (χ1n) is 14.7. The number of hydrogen-bond acceptors (Lipinski definition) is 4. The minimum atomic E-state index is -3.96. The molecule has 0 amide bonds. The molecule has 0 atom stereocenters. The number of hydrogen-bond donors (Lipinski definition) is 1. The average Bonchev–Trinajstić information content (AvgIpc) is 3.46. The van der Waals surface area contributed by atoms with Crippen LogP contribution in [0.3, 0.4) is 0 Å². The second-order valence-corrected chi connectivity index (χ2v) is 14.8. The lowest BCUT2D eigenvalue weighted by Crippen LogP contribution is -2.31. The normalized spacial score (nSPS) is 12.6. The van der Waals surface area contributed by atoms with Gasteiger partial charge in [-0.05, 0) is 66.1 Å². The number of aryl methyl sites for hydroxylation is 1.